The van der Waals surface area contributed by atoms with Crippen LogP contribution in [0.1, 0.15) is 232 Å². The van der Waals surface area contributed by atoms with Gasteiger partial charge < -0.3 is 15.5 Å². The first-order valence-corrected chi connectivity index (χ1v) is 25.4. The van der Waals surface area contributed by atoms with Crippen LogP contribution >= 0.6 is 0 Å². The van der Waals surface area contributed by atoms with Gasteiger partial charge in [-0.25, -0.2) is 0 Å². The maximum atomic E-state index is 12.3. The van der Waals surface area contributed by atoms with Crippen molar-refractivity contribution < 1.29 is 15.0 Å². The summed E-state index contributed by atoms with van der Waals surface area (Å²) in [5, 5.41) is 23.0. The van der Waals surface area contributed by atoms with E-state index < -0.39 is 12.1 Å². The van der Waals surface area contributed by atoms with Crippen LogP contribution in [-0.4, -0.2) is 34.9 Å². The van der Waals surface area contributed by atoms with Gasteiger partial charge in [0.25, 0.3) is 0 Å². The molecule has 0 spiro atoms. The summed E-state index contributed by atoms with van der Waals surface area (Å²) < 4.78 is 0. The number of allylic oxidation sites excluding steroid dienone is 16. The highest BCUT2D eigenvalue weighted by atomic mass is 16.3. The SMILES string of the molecule is CC/C=C\C/C=C\C/C=C\C/C=C\C/C=C\C/C=C\C/C=C\C/C=C\CCCCCCCCCCCCCCCCCCC(=O)NC(CO)C(O)CCCCCCCCC. The van der Waals surface area contributed by atoms with E-state index in [9.17, 15) is 15.0 Å². The number of hydrogen-bond acceptors (Lipinski definition) is 3. The fourth-order valence-corrected chi connectivity index (χ4v) is 7.26. The molecule has 0 aliphatic heterocycles. The van der Waals surface area contributed by atoms with Gasteiger partial charge in [-0.15, -0.1) is 0 Å². The van der Waals surface area contributed by atoms with E-state index in [4.69, 9.17) is 0 Å². The van der Waals surface area contributed by atoms with Crippen LogP contribution in [0.4, 0.5) is 0 Å². The number of nitrogens with one attached hydrogen (secondary N) is 1. The van der Waals surface area contributed by atoms with Gasteiger partial charge in [-0.05, 0) is 77.0 Å². The van der Waals surface area contributed by atoms with Crippen LogP contribution in [0, 0.1) is 0 Å². The zero-order valence-corrected chi connectivity index (χ0v) is 39.4. The number of aliphatic hydroxyl groups is 2. The van der Waals surface area contributed by atoms with Gasteiger partial charge in [0, 0.05) is 6.42 Å². The molecule has 0 aliphatic rings. The van der Waals surface area contributed by atoms with Gasteiger partial charge in [0.1, 0.15) is 0 Å². The zero-order valence-electron chi connectivity index (χ0n) is 39.4. The lowest BCUT2D eigenvalue weighted by Gasteiger charge is -2.22. The zero-order chi connectivity index (χ0) is 43.5. The van der Waals surface area contributed by atoms with Crippen molar-refractivity contribution in [3.05, 3.63) is 97.2 Å². The summed E-state index contributed by atoms with van der Waals surface area (Å²) in [6.45, 7) is 4.19. The number of rotatable bonds is 45. The van der Waals surface area contributed by atoms with Crippen molar-refractivity contribution in [1.29, 1.82) is 0 Å². The number of carbonyl (C=O) groups excluding carboxylic acids is 1. The van der Waals surface area contributed by atoms with Crippen LogP contribution in [0.25, 0.3) is 0 Å². The second-order valence-corrected chi connectivity index (χ2v) is 16.9. The smallest absolute Gasteiger partial charge is 0.220 e. The highest BCUT2D eigenvalue weighted by Gasteiger charge is 2.20. The summed E-state index contributed by atoms with van der Waals surface area (Å²) >= 11 is 0. The Morgan fingerprint density at radius 3 is 1.10 bits per heavy atom. The molecule has 0 aromatic heterocycles. The molecular weight excluding hydrogens is 735 g/mol. The standard InChI is InChI=1S/C56H97NO3/c1-3-5-7-9-11-12-13-14-15-16-17-18-19-20-21-22-23-24-25-26-27-28-29-30-31-32-33-34-35-36-37-38-39-40-41-42-43-44-46-48-50-52-56(60)57-54(53-58)55(59)51-49-47-45-10-8-6-4-2/h5,7,11-12,14-15,17-18,20-21,23-24,26-27,29-30,54-55,58-59H,3-4,6,8-10,13,16,19,22,25,28,31-53H2,1-2H3,(H,57,60)/b7-5-,12-11-,15-14-,18-17-,21-20-,24-23-,27-26-,30-29-. The average Bonchev–Trinajstić information content (AvgIpc) is 3.25. The second kappa shape index (κ2) is 50.7. The monoisotopic (exact) mass is 832 g/mol. The molecule has 4 nitrogen and oxygen atoms in total. The number of hydrogen-bond donors (Lipinski definition) is 3. The number of unbranched alkanes of at least 4 members (excludes halogenated alkanes) is 22. The molecule has 0 fully saturated rings. The van der Waals surface area contributed by atoms with Crippen LogP contribution in [0.5, 0.6) is 0 Å². The molecule has 0 aromatic rings. The molecule has 60 heavy (non-hydrogen) atoms. The highest BCUT2D eigenvalue weighted by Crippen LogP contribution is 2.15. The van der Waals surface area contributed by atoms with Gasteiger partial charge in [0.2, 0.25) is 5.91 Å². The Bertz CT molecular complexity index is 1130. The minimum atomic E-state index is -0.659. The number of amides is 1. The lowest BCUT2D eigenvalue weighted by atomic mass is 10.0. The molecule has 0 radical (unpaired) electrons. The molecule has 1 amide bonds. The average molecular weight is 832 g/mol. The highest BCUT2D eigenvalue weighted by molar-refractivity contribution is 5.76. The Balaban J connectivity index is 3.47. The number of aliphatic hydroxyl groups excluding tert-OH is 2. The molecule has 0 heterocycles. The lowest BCUT2D eigenvalue weighted by molar-refractivity contribution is -0.123. The fraction of sp³-hybridized carbons (Fsp3) is 0.696. The Hall–Kier alpha value is -2.69. The van der Waals surface area contributed by atoms with Crippen molar-refractivity contribution in [1.82, 2.24) is 5.32 Å². The molecule has 3 N–H and O–H groups in total. The summed E-state index contributed by atoms with van der Waals surface area (Å²) in [6.07, 6.45) is 75.4. The molecule has 0 saturated heterocycles. The van der Waals surface area contributed by atoms with E-state index in [1.54, 1.807) is 0 Å². The van der Waals surface area contributed by atoms with E-state index in [0.29, 0.717) is 12.8 Å². The summed E-state index contributed by atoms with van der Waals surface area (Å²) in [5.74, 6) is -0.0381. The molecule has 4 heteroatoms. The molecule has 0 saturated carbocycles. The molecule has 2 unspecified atom stereocenters. The normalized spacial score (nSPS) is 13.7. The van der Waals surface area contributed by atoms with E-state index in [1.165, 1.54) is 128 Å². The maximum Gasteiger partial charge on any atom is 0.220 e. The third-order valence-electron chi connectivity index (χ3n) is 11.1. The van der Waals surface area contributed by atoms with Crippen molar-refractivity contribution in [2.45, 2.75) is 244 Å². The Labute approximate surface area is 373 Å². The topological polar surface area (TPSA) is 69.6 Å². The van der Waals surface area contributed by atoms with Crippen molar-refractivity contribution in [3.8, 4) is 0 Å². The minimum absolute atomic E-state index is 0.0381. The maximum absolute atomic E-state index is 12.3. The van der Waals surface area contributed by atoms with E-state index in [-0.39, 0.29) is 12.5 Å². The predicted molar refractivity (Wildman–Crippen MR) is 266 cm³/mol. The third kappa shape index (κ3) is 46.4. The van der Waals surface area contributed by atoms with E-state index in [1.807, 2.05) is 0 Å². The summed E-state index contributed by atoms with van der Waals surface area (Å²) in [5.41, 5.74) is 0. The van der Waals surface area contributed by atoms with Crippen LogP contribution in [0.3, 0.4) is 0 Å². The molecule has 344 valence electrons. The number of carbonyl (C=O) groups is 1. The minimum Gasteiger partial charge on any atom is -0.394 e. The quantitative estimate of drug-likeness (QED) is 0.0423. The summed E-state index contributed by atoms with van der Waals surface area (Å²) in [7, 11) is 0. The van der Waals surface area contributed by atoms with Crippen molar-refractivity contribution in [2.75, 3.05) is 6.61 Å². The van der Waals surface area contributed by atoms with Gasteiger partial charge in [0.05, 0.1) is 18.8 Å². The van der Waals surface area contributed by atoms with Gasteiger partial charge in [-0.1, -0.05) is 246 Å². The van der Waals surface area contributed by atoms with Gasteiger partial charge in [-0.2, -0.15) is 0 Å². The van der Waals surface area contributed by atoms with Crippen LogP contribution in [0.2, 0.25) is 0 Å². The Morgan fingerprint density at radius 1 is 0.417 bits per heavy atom. The molecule has 0 aromatic carbocycles. The predicted octanol–water partition coefficient (Wildman–Crippen LogP) is 16.6. The first-order valence-electron chi connectivity index (χ1n) is 25.4. The van der Waals surface area contributed by atoms with E-state index in [0.717, 1.165) is 77.0 Å². The summed E-state index contributed by atoms with van der Waals surface area (Å²) in [4.78, 5) is 12.3. The van der Waals surface area contributed by atoms with Crippen LogP contribution < -0.4 is 5.32 Å². The fourth-order valence-electron chi connectivity index (χ4n) is 7.26. The van der Waals surface area contributed by atoms with Crippen molar-refractivity contribution in [3.63, 3.8) is 0 Å². The van der Waals surface area contributed by atoms with Crippen LogP contribution in [0.15, 0.2) is 97.2 Å². The second-order valence-electron chi connectivity index (χ2n) is 16.9. The molecule has 2 atom stereocenters. The van der Waals surface area contributed by atoms with E-state index in [2.05, 4.69) is 116 Å². The van der Waals surface area contributed by atoms with Gasteiger partial charge in [0.15, 0.2) is 0 Å². The Morgan fingerprint density at radius 2 is 0.733 bits per heavy atom. The summed E-state index contributed by atoms with van der Waals surface area (Å²) in [6, 6.07) is -0.536. The first-order chi connectivity index (χ1) is 29.7. The molecule has 0 aliphatic carbocycles. The Kier molecular flexibility index (Phi) is 48.4. The molecular formula is C56H97NO3. The van der Waals surface area contributed by atoms with Crippen LogP contribution in [-0.2, 0) is 4.79 Å². The van der Waals surface area contributed by atoms with Crippen molar-refractivity contribution in [2.24, 2.45) is 0 Å². The third-order valence-corrected chi connectivity index (χ3v) is 11.1. The molecule has 0 rings (SSSR count). The first kappa shape index (κ1) is 57.3. The van der Waals surface area contributed by atoms with Crippen molar-refractivity contribution >= 4 is 5.91 Å². The van der Waals surface area contributed by atoms with E-state index >= 15 is 0 Å². The van der Waals surface area contributed by atoms with Gasteiger partial charge in [-0.3, -0.25) is 4.79 Å². The largest absolute Gasteiger partial charge is 0.394 e. The molecule has 0 bridgehead atoms. The van der Waals surface area contributed by atoms with Gasteiger partial charge >= 0.3 is 0 Å². The lowest BCUT2D eigenvalue weighted by Crippen LogP contribution is -2.45.